The molecule has 0 fully saturated rings. The van der Waals surface area contributed by atoms with Gasteiger partial charge in [0.1, 0.15) is 0 Å². The zero-order chi connectivity index (χ0) is 11.9. The van der Waals surface area contributed by atoms with Crippen LogP contribution in [0, 0.1) is 0 Å². The minimum absolute atomic E-state index is 1.08. The molecule has 0 bridgehead atoms. The maximum atomic E-state index is 5.46. The molecule has 0 N–H and O–H groups in total. The Hall–Kier alpha value is -0.643. The second-order valence-electron chi connectivity index (χ2n) is 4.23. The Morgan fingerprint density at radius 3 is 2.19 bits per heavy atom. The third-order valence-corrected chi connectivity index (χ3v) is 6.04. The Morgan fingerprint density at radius 1 is 1.00 bits per heavy atom. The van der Waals surface area contributed by atoms with Crippen LogP contribution in [0.25, 0.3) is 0 Å². The van der Waals surface area contributed by atoms with E-state index in [2.05, 4.69) is 36.9 Å². The van der Waals surface area contributed by atoms with Crippen molar-refractivity contribution in [3.63, 3.8) is 0 Å². The zero-order valence-corrected chi connectivity index (χ0v) is 11.5. The first-order chi connectivity index (χ1) is 7.70. The van der Waals surface area contributed by atoms with Gasteiger partial charge in [-0.1, -0.05) is 36.8 Å². The van der Waals surface area contributed by atoms with Gasteiger partial charge in [0.25, 0.3) is 0 Å². The Bertz CT molecular complexity index is 283. The Labute approximate surface area is 99.8 Å². The summed E-state index contributed by atoms with van der Waals surface area (Å²) < 4.78 is 10.9. The van der Waals surface area contributed by atoms with Crippen LogP contribution in [0.15, 0.2) is 30.3 Å². The normalized spacial score (nSPS) is 11.7. The lowest BCUT2D eigenvalue weighted by atomic mass is 10.1. The summed E-state index contributed by atoms with van der Waals surface area (Å²) in [6, 6.07) is 11.7. The van der Waals surface area contributed by atoms with Crippen LogP contribution in [0.4, 0.5) is 0 Å². The molecule has 0 aliphatic carbocycles. The van der Waals surface area contributed by atoms with E-state index in [1.165, 1.54) is 18.4 Å². The number of aryl methyl sites for hydroxylation is 1. The molecule has 1 aromatic rings. The van der Waals surface area contributed by atoms with E-state index in [1.807, 2.05) is 0 Å². The van der Waals surface area contributed by atoms with Gasteiger partial charge in [0, 0.05) is 14.2 Å². The highest BCUT2D eigenvalue weighted by atomic mass is 28.4. The molecule has 0 aromatic heterocycles. The first kappa shape index (κ1) is 13.4. The number of hydrogen-bond donors (Lipinski definition) is 0. The second kappa shape index (κ2) is 6.84. The highest BCUT2D eigenvalue weighted by Gasteiger charge is 2.27. The summed E-state index contributed by atoms with van der Waals surface area (Å²) in [5.74, 6) is 0. The highest BCUT2D eigenvalue weighted by Crippen LogP contribution is 2.16. The lowest BCUT2D eigenvalue weighted by Gasteiger charge is -2.22. The van der Waals surface area contributed by atoms with Crippen molar-refractivity contribution in [3.8, 4) is 0 Å². The molecule has 0 aliphatic heterocycles. The van der Waals surface area contributed by atoms with Crippen LogP contribution in [0.3, 0.4) is 0 Å². The molecule has 0 heterocycles. The smallest absolute Gasteiger partial charge is 0.334 e. The van der Waals surface area contributed by atoms with Gasteiger partial charge in [0.2, 0.25) is 0 Å². The van der Waals surface area contributed by atoms with Gasteiger partial charge in [-0.3, -0.25) is 0 Å². The molecule has 2 nitrogen and oxygen atoms in total. The minimum Gasteiger partial charge on any atom is -0.398 e. The molecular weight excluding hydrogens is 216 g/mol. The van der Waals surface area contributed by atoms with Crippen LogP contribution in [-0.4, -0.2) is 22.8 Å². The molecule has 0 amide bonds. The van der Waals surface area contributed by atoms with Gasteiger partial charge >= 0.3 is 8.56 Å². The van der Waals surface area contributed by atoms with Crippen LogP contribution in [0.1, 0.15) is 18.4 Å². The van der Waals surface area contributed by atoms with E-state index in [-0.39, 0.29) is 0 Å². The Morgan fingerprint density at radius 2 is 1.62 bits per heavy atom. The standard InChI is InChI=1S/C13H22O2Si/c1-14-16(3,15-2)12-8-7-11-13-9-5-4-6-10-13/h4-6,9-10H,7-8,11-12H2,1-3H3. The van der Waals surface area contributed by atoms with Crippen molar-refractivity contribution < 1.29 is 8.85 Å². The van der Waals surface area contributed by atoms with E-state index in [1.54, 1.807) is 14.2 Å². The predicted octanol–water partition coefficient (Wildman–Crippen LogP) is 3.37. The molecule has 90 valence electrons. The molecule has 1 rings (SSSR count). The van der Waals surface area contributed by atoms with Crippen LogP contribution in [0.5, 0.6) is 0 Å². The summed E-state index contributed by atoms with van der Waals surface area (Å²) in [7, 11) is 1.68. The van der Waals surface area contributed by atoms with Gasteiger partial charge in [0.15, 0.2) is 0 Å². The summed E-state index contributed by atoms with van der Waals surface area (Å²) in [5, 5.41) is 0. The number of hydrogen-bond acceptors (Lipinski definition) is 2. The van der Waals surface area contributed by atoms with Crippen molar-refractivity contribution in [2.24, 2.45) is 0 Å². The van der Waals surface area contributed by atoms with Crippen LogP contribution in [0.2, 0.25) is 12.6 Å². The van der Waals surface area contributed by atoms with E-state index < -0.39 is 8.56 Å². The second-order valence-corrected chi connectivity index (χ2v) is 7.82. The lowest BCUT2D eigenvalue weighted by molar-refractivity contribution is 0.248. The van der Waals surface area contributed by atoms with E-state index in [0.717, 1.165) is 12.5 Å². The van der Waals surface area contributed by atoms with Gasteiger partial charge in [-0.25, -0.2) is 0 Å². The quantitative estimate of drug-likeness (QED) is 0.535. The van der Waals surface area contributed by atoms with E-state index >= 15 is 0 Å². The molecule has 0 saturated carbocycles. The van der Waals surface area contributed by atoms with Crippen molar-refractivity contribution >= 4 is 8.56 Å². The fourth-order valence-electron chi connectivity index (χ4n) is 1.71. The summed E-state index contributed by atoms with van der Waals surface area (Å²) in [6.45, 7) is 2.12. The molecule has 3 heteroatoms. The summed E-state index contributed by atoms with van der Waals surface area (Å²) in [4.78, 5) is 0. The van der Waals surface area contributed by atoms with Gasteiger partial charge in [-0.2, -0.15) is 0 Å². The Balaban J connectivity index is 2.22. The van der Waals surface area contributed by atoms with Crippen LogP contribution in [-0.2, 0) is 15.3 Å². The summed E-state index contributed by atoms with van der Waals surface area (Å²) >= 11 is 0. The van der Waals surface area contributed by atoms with Crippen molar-refractivity contribution in [1.82, 2.24) is 0 Å². The third kappa shape index (κ3) is 4.47. The monoisotopic (exact) mass is 238 g/mol. The fraction of sp³-hybridized carbons (Fsp3) is 0.538. The third-order valence-electron chi connectivity index (χ3n) is 3.05. The highest BCUT2D eigenvalue weighted by molar-refractivity contribution is 6.65. The molecule has 16 heavy (non-hydrogen) atoms. The summed E-state index contributed by atoms with van der Waals surface area (Å²) in [6.07, 6.45) is 3.54. The van der Waals surface area contributed by atoms with E-state index in [0.29, 0.717) is 0 Å². The average molecular weight is 238 g/mol. The molecule has 0 spiro atoms. The molecular formula is C13H22O2Si. The summed E-state index contributed by atoms with van der Waals surface area (Å²) in [5.41, 5.74) is 1.42. The first-order valence-electron chi connectivity index (χ1n) is 5.84. The van der Waals surface area contributed by atoms with E-state index in [4.69, 9.17) is 8.85 Å². The van der Waals surface area contributed by atoms with Crippen molar-refractivity contribution in [1.29, 1.82) is 0 Å². The maximum absolute atomic E-state index is 5.46. The number of benzene rings is 1. The van der Waals surface area contributed by atoms with Crippen molar-refractivity contribution in [2.45, 2.75) is 31.9 Å². The molecule has 0 aliphatic rings. The maximum Gasteiger partial charge on any atom is 0.334 e. The van der Waals surface area contributed by atoms with Gasteiger partial charge < -0.3 is 8.85 Å². The van der Waals surface area contributed by atoms with Crippen LogP contribution >= 0.6 is 0 Å². The van der Waals surface area contributed by atoms with E-state index in [9.17, 15) is 0 Å². The predicted molar refractivity (Wildman–Crippen MR) is 69.8 cm³/mol. The molecule has 0 radical (unpaired) electrons. The van der Waals surface area contributed by atoms with Crippen LogP contribution < -0.4 is 0 Å². The molecule has 0 saturated heterocycles. The average Bonchev–Trinajstić information content (AvgIpc) is 2.36. The van der Waals surface area contributed by atoms with Gasteiger partial charge in [0.05, 0.1) is 0 Å². The molecule has 0 unspecified atom stereocenters. The van der Waals surface area contributed by atoms with Crippen molar-refractivity contribution in [2.75, 3.05) is 14.2 Å². The lowest BCUT2D eigenvalue weighted by Crippen LogP contribution is -2.35. The largest absolute Gasteiger partial charge is 0.398 e. The number of unbranched alkanes of at least 4 members (excludes halogenated alkanes) is 1. The Kier molecular flexibility index (Phi) is 5.73. The topological polar surface area (TPSA) is 18.5 Å². The number of rotatable bonds is 7. The first-order valence-corrected chi connectivity index (χ1v) is 8.37. The molecule has 0 atom stereocenters. The van der Waals surface area contributed by atoms with Crippen molar-refractivity contribution in [3.05, 3.63) is 35.9 Å². The minimum atomic E-state index is -1.84. The zero-order valence-electron chi connectivity index (χ0n) is 10.5. The molecule has 1 aromatic carbocycles. The van der Waals surface area contributed by atoms with Gasteiger partial charge in [-0.05, 0) is 31.0 Å². The SMILES string of the molecule is CO[Si](C)(CCCCc1ccccc1)OC. The fourth-order valence-corrected chi connectivity index (χ4v) is 3.17. The van der Waals surface area contributed by atoms with Gasteiger partial charge in [-0.15, -0.1) is 0 Å².